The molecule has 0 saturated carbocycles. The van der Waals surface area contributed by atoms with E-state index >= 15 is 0 Å². The molecule has 0 bridgehead atoms. The van der Waals surface area contributed by atoms with Gasteiger partial charge in [-0.2, -0.15) is 0 Å². The number of urea groups is 1. The number of hydrogen-bond donors (Lipinski definition) is 1. The highest BCUT2D eigenvalue weighted by atomic mass is 35.5. The molecule has 6 rings (SSSR count). The fraction of sp³-hybridized carbons (Fsp3) is 0.424. The van der Waals surface area contributed by atoms with Crippen molar-refractivity contribution < 1.29 is 24.2 Å². The SMILES string of the molecule is Cc1cc(Oc2ccc(C(=O)O)cc2)ncc1CN1CCC(N2C(=O)N(C3CCOCC3)CC2c2cccc(Cl)c2)CC1. The molecule has 10 heteroatoms. The van der Waals surface area contributed by atoms with Crippen LogP contribution in [0.4, 0.5) is 4.79 Å². The van der Waals surface area contributed by atoms with Gasteiger partial charge in [0.2, 0.25) is 5.88 Å². The molecule has 1 unspecified atom stereocenters. The number of carboxylic acids is 1. The van der Waals surface area contributed by atoms with Crippen molar-refractivity contribution >= 4 is 23.6 Å². The van der Waals surface area contributed by atoms with E-state index in [-0.39, 0.29) is 29.7 Å². The minimum absolute atomic E-state index is 0.00934. The van der Waals surface area contributed by atoms with Crippen molar-refractivity contribution in [1.82, 2.24) is 19.7 Å². The lowest BCUT2D eigenvalue weighted by Gasteiger charge is -2.39. The topological polar surface area (TPSA) is 95.4 Å². The van der Waals surface area contributed by atoms with E-state index in [1.54, 1.807) is 12.1 Å². The highest BCUT2D eigenvalue weighted by Crippen LogP contribution is 2.38. The second-order valence-corrected chi connectivity index (χ2v) is 12.1. The number of likely N-dealkylation sites (tertiary alicyclic amines) is 1. The van der Waals surface area contributed by atoms with Crippen LogP contribution in [0.25, 0.3) is 0 Å². The number of rotatable bonds is 8. The predicted molar refractivity (Wildman–Crippen MR) is 163 cm³/mol. The summed E-state index contributed by atoms with van der Waals surface area (Å²) in [5.41, 5.74) is 3.52. The van der Waals surface area contributed by atoms with E-state index in [1.807, 2.05) is 37.4 Å². The summed E-state index contributed by atoms with van der Waals surface area (Å²) in [6.45, 7) is 6.70. The van der Waals surface area contributed by atoms with E-state index < -0.39 is 5.97 Å². The van der Waals surface area contributed by atoms with Crippen molar-refractivity contribution in [2.45, 2.75) is 57.3 Å². The molecule has 0 aliphatic carbocycles. The summed E-state index contributed by atoms with van der Waals surface area (Å²) in [6, 6.07) is 16.7. The second-order valence-electron chi connectivity index (χ2n) is 11.6. The van der Waals surface area contributed by atoms with E-state index in [9.17, 15) is 9.59 Å². The van der Waals surface area contributed by atoms with Gasteiger partial charge in [0.25, 0.3) is 0 Å². The van der Waals surface area contributed by atoms with E-state index in [1.165, 1.54) is 12.1 Å². The van der Waals surface area contributed by atoms with Crippen LogP contribution in [0.15, 0.2) is 60.8 Å². The van der Waals surface area contributed by atoms with Gasteiger partial charge in [0.15, 0.2) is 0 Å². The molecule has 1 aromatic heterocycles. The number of aromatic nitrogens is 1. The van der Waals surface area contributed by atoms with Crippen molar-refractivity contribution in [3.63, 3.8) is 0 Å². The largest absolute Gasteiger partial charge is 0.478 e. The van der Waals surface area contributed by atoms with Crippen molar-refractivity contribution in [3.05, 3.63) is 88.1 Å². The fourth-order valence-electron chi connectivity index (χ4n) is 6.49. The van der Waals surface area contributed by atoms with Gasteiger partial charge in [-0.05, 0) is 85.7 Å². The number of ether oxygens (including phenoxy) is 2. The van der Waals surface area contributed by atoms with Crippen molar-refractivity contribution in [3.8, 4) is 11.6 Å². The van der Waals surface area contributed by atoms with Gasteiger partial charge in [-0.3, -0.25) is 4.90 Å². The third-order valence-corrected chi connectivity index (χ3v) is 9.13. The first kappa shape index (κ1) is 29.4. The highest BCUT2D eigenvalue weighted by molar-refractivity contribution is 6.30. The Labute approximate surface area is 257 Å². The zero-order valence-corrected chi connectivity index (χ0v) is 25.1. The maximum Gasteiger partial charge on any atom is 0.335 e. The molecule has 226 valence electrons. The summed E-state index contributed by atoms with van der Waals surface area (Å²) in [7, 11) is 0. The molecule has 1 N–H and O–H groups in total. The van der Waals surface area contributed by atoms with Crippen LogP contribution in [-0.4, -0.2) is 81.7 Å². The first-order valence-electron chi connectivity index (χ1n) is 15.0. The van der Waals surface area contributed by atoms with Crippen molar-refractivity contribution in [2.24, 2.45) is 0 Å². The molecular formula is C33H37ClN4O5. The molecule has 2 aromatic carbocycles. The van der Waals surface area contributed by atoms with Crippen LogP contribution < -0.4 is 4.74 Å². The molecule has 2 amide bonds. The summed E-state index contributed by atoms with van der Waals surface area (Å²) in [4.78, 5) is 36.2. The molecule has 0 spiro atoms. The quantitative estimate of drug-likeness (QED) is 0.329. The van der Waals surface area contributed by atoms with Gasteiger partial charge in [0.05, 0.1) is 11.6 Å². The lowest BCUT2D eigenvalue weighted by Crippen LogP contribution is -2.48. The Bertz CT molecular complexity index is 1450. The fourth-order valence-corrected chi connectivity index (χ4v) is 6.69. The number of pyridine rings is 1. The van der Waals surface area contributed by atoms with Crippen LogP contribution in [0.3, 0.4) is 0 Å². The number of amides is 2. The summed E-state index contributed by atoms with van der Waals surface area (Å²) in [6.07, 6.45) is 5.44. The molecule has 3 saturated heterocycles. The number of aromatic carboxylic acids is 1. The van der Waals surface area contributed by atoms with Gasteiger partial charge in [-0.15, -0.1) is 0 Å². The summed E-state index contributed by atoms with van der Waals surface area (Å²) >= 11 is 6.38. The molecule has 3 aliphatic heterocycles. The number of benzene rings is 2. The summed E-state index contributed by atoms with van der Waals surface area (Å²) < 4.78 is 11.4. The van der Waals surface area contributed by atoms with Gasteiger partial charge in [-0.25, -0.2) is 14.6 Å². The van der Waals surface area contributed by atoms with Crippen LogP contribution in [-0.2, 0) is 11.3 Å². The number of halogens is 1. The van der Waals surface area contributed by atoms with E-state index in [2.05, 4.69) is 25.8 Å². The van der Waals surface area contributed by atoms with Gasteiger partial charge in [-0.1, -0.05) is 23.7 Å². The lowest BCUT2D eigenvalue weighted by molar-refractivity contribution is 0.0493. The molecular weight excluding hydrogens is 568 g/mol. The van der Waals surface area contributed by atoms with Crippen LogP contribution in [0, 0.1) is 6.92 Å². The number of piperidine rings is 1. The average Bonchev–Trinajstić information content (AvgIpc) is 3.36. The Morgan fingerprint density at radius 2 is 1.79 bits per heavy atom. The number of nitrogens with zero attached hydrogens (tertiary/aromatic N) is 4. The Hall–Kier alpha value is -3.66. The highest BCUT2D eigenvalue weighted by Gasteiger charge is 2.45. The Morgan fingerprint density at radius 3 is 2.47 bits per heavy atom. The van der Waals surface area contributed by atoms with Crippen molar-refractivity contribution in [1.29, 1.82) is 0 Å². The van der Waals surface area contributed by atoms with Crippen LogP contribution in [0.2, 0.25) is 5.02 Å². The van der Waals surface area contributed by atoms with Gasteiger partial charge in [0, 0.05) is 68.8 Å². The number of carboxylic acid groups (broad SMARTS) is 1. The first-order valence-corrected chi connectivity index (χ1v) is 15.3. The van der Waals surface area contributed by atoms with Crippen LogP contribution >= 0.6 is 11.6 Å². The average molecular weight is 605 g/mol. The number of carbonyl (C=O) groups is 2. The molecule has 0 radical (unpaired) electrons. The molecule has 9 nitrogen and oxygen atoms in total. The van der Waals surface area contributed by atoms with E-state index in [0.717, 1.165) is 62.0 Å². The first-order chi connectivity index (χ1) is 20.9. The number of carbonyl (C=O) groups excluding carboxylic acids is 1. The van der Waals surface area contributed by atoms with E-state index in [0.29, 0.717) is 36.4 Å². The van der Waals surface area contributed by atoms with Gasteiger partial charge >= 0.3 is 12.0 Å². The second kappa shape index (κ2) is 12.9. The maximum atomic E-state index is 13.9. The molecule has 43 heavy (non-hydrogen) atoms. The maximum absolute atomic E-state index is 13.9. The monoisotopic (exact) mass is 604 g/mol. The number of hydrogen-bond acceptors (Lipinski definition) is 6. The standard InChI is InChI=1S/C33H37ClN4O5/c1-22-17-31(43-29-7-5-23(6-8-29)32(39)40)35-19-25(22)20-36-13-9-28(10-14-36)38-30(24-3-2-4-26(34)18-24)21-37(33(38)41)27-11-15-42-16-12-27/h2-8,17-19,27-28,30H,9-16,20-21H2,1H3,(H,39,40). The normalized spacial score (nSPS) is 20.5. The Kier molecular flexibility index (Phi) is 8.83. The zero-order valence-electron chi connectivity index (χ0n) is 24.3. The minimum atomic E-state index is -0.973. The Balaban J connectivity index is 1.09. The van der Waals surface area contributed by atoms with Crippen molar-refractivity contribution in [2.75, 3.05) is 32.8 Å². The number of aryl methyl sites for hydroxylation is 1. The summed E-state index contributed by atoms with van der Waals surface area (Å²) in [5.74, 6) is 0.0326. The Morgan fingerprint density at radius 1 is 1.05 bits per heavy atom. The summed E-state index contributed by atoms with van der Waals surface area (Å²) in [5, 5.41) is 9.79. The van der Waals surface area contributed by atoms with Crippen LogP contribution in [0.1, 0.15) is 58.8 Å². The van der Waals surface area contributed by atoms with E-state index in [4.69, 9.17) is 26.2 Å². The van der Waals surface area contributed by atoms with Gasteiger partial charge in [0.1, 0.15) is 5.75 Å². The zero-order chi connectivity index (χ0) is 29.9. The molecule has 3 fully saturated rings. The smallest absolute Gasteiger partial charge is 0.335 e. The third kappa shape index (κ3) is 6.64. The van der Waals surface area contributed by atoms with Crippen LogP contribution in [0.5, 0.6) is 11.6 Å². The molecule has 3 aliphatic rings. The third-order valence-electron chi connectivity index (χ3n) is 8.90. The minimum Gasteiger partial charge on any atom is -0.478 e. The predicted octanol–water partition coefficient (Wildman–Crippen LogP) is 6.16. The lowest BCUT2D eigenvalue weighted by atomic mass is 9.98. The molecule has 4 heterocycles. The molecule has 3 aromatic rings. The van der Waals surface area contributed by atoms with Gasteiger partial charge < -0.3 is 24.4 Å². The molecule has 1 atom stereocenters.